The molecule has 1 N–H and O–H groups in total. The van der Waals surface area contributed by atoms with Crippen molar-refractivity contribution < 1.29 is 41.0 Å². The lowest BCUT2D eigenvalue weighted by Crippen LogP contribution is -2.42. The van der Waals surface area contributed by atoms with Gasteiger partial charge in [0.2, 0.25) is 0 Å². The van der Waals surface area contributed by atoms with Crippen LogP contribution in [0.5, 0.6) is 5.75 Å². The number of hydrogen-bond acceptors (Lipinski definition) is 3. The van der Waals surface area contributed by atoms with Gasteiger partial charge in [0, 0.05) is 31.3 Å². The van der Waals surface area contributed by atoms with Gasteiger partial charge >= 0.3 is 18.5 Å². The molecule has 1 aromatic rings. The standard InChI is InChI=1S/C20H23F6NO3/c21-19(22,23)14-10-15(12-16(11-14)30-20(24,25)26)27-7-5-18(6-8-27)3-1-13(2-4-18)9-17(28)29/h10-13H,1-9H2,(H,28,29). The first kappa shape index (κ1) is 22.6. The zero-order chi connectivity index (χ0) is 22.2. The lowest BCUT2D eigenvalue weighted by atomic mass is 9.65. The minimum atomic E-state index is -5.08. The second-order valence-electron chi connectivity index (χ2n) is 8.29. The summed E-state index contributed by atoms with van der Waals surface area (Å²) in [5.74, 6) is -1.55. The van der Waals surface area contributed by atoms with Crippen molar-refractivity contribution >= 4 is 11.7 Å². The zero-order valence-electron chi connectivity index (χ0n) is 16.2. The minimum Gasteiger partial charge on any atom is -0.481 e. The van der Waals surface area contributed by atoms with Crippen LogP contribution < -0.4 is 9.64 Å². The van der Waals surface area contributed by atoms with E-state index in [1.165, 1.54) is 0 Å². The number of benzene rings is 1. The van der Waals surface area contributed by atoms with E-state index in [1.54, 1.807) is 4.90 Å². The van der Waals surface area contributed by atoms with Gasteiger partial charge in [-0.3, -0.25) is 4.79 Å². The number of piperidine rings is 1. The van der Waals surface area contributed by atoms with Crippen LogP contribution in [0.2, 0.25) is 0 Å². The van der Waals surface area contributed by atoms with E-state index in [1.807, 2.05) is 0 Å². The van der Waals surface area contributed by atoms with Gasteiger partial charge in [-0.15, -0.1) is 13.2 Å². The minimum absolute atomic E-state index is 0.0262. The third kappa shape index (κ3) is 5.72. The Morgan fingerprint density at radius 1 is 1.03 bits per heavy atom. The Balaban J connectivity index is 1.70. The summed E-state index contributed by atoms with van der Waals surface area (Å²) < 4.78 is 80.9. The number of carbonyl (C=O) groups is 1. The molecular formula is C20H23F6NO3. The summed E-state index contributed by atoms with van der Waals surface area (Å²) >= 11 is 0. The van der Waals surface area contributed by atoms with Crippen molar-refractivity contribution in [2.24, 2.45) is 11.3 Å². The molecule has 10 heteroatoms. The third-order valence-corrected chi connectivity index (χ3v) is 6.27. The van der Waals surface area contributed by atoms with E-state index < -0.39 is 29.8 Å². The van der Waals surface area contributed by atoms with Crippen LogP contribution in [0.25, 0.3) is 0 Å². The quantitative estimate of drug-likeness (QED) is 0.598. The maximum atomic E-state index is 13.2. The second-order valence-corrected chi connectivity index (χ2v) is 8.29. The molecule has 1 spiro atoms. The first-order valence-corrected chi connectivity index (χ1v) is 9.80. The fraction of sp³-hybridized carbons (Fsp3) is 0.650. The predicted molar refractivity (Wildman–Crippen MR) is 96.2 cm³/mol. The Morgan fingerprint density at radius 2 is 1.63 bits per heavy atom. The molecule has 1 aromatic carbocycles. The van der Waals surface area contributed by atoms with Crippen LogP contribution in [-0.2, 0) is 11.0 Å². The Hall–Kier alpha value is -2.13. The van der Waals surface area contributed by atoms with Gasteiger partial charge in [0.1, 0.15) is 5.75 Å². The molecule has 1 saturated carbocycles. The maximum Gasteiger partial charge on any atom is 0.573 e. The lowest BCUT2D eigenvalue weighted by molar-refractivity contribution is -0.274. The van der Waals surface area contributed by atoms with Gasteiger partial charge in [-0.25, -0.2) is 0 Å². The Bertz CT molecular complexity index is 759. The number of halogens is 6. The highest BCUT2D eigenvalue weighted by Crippen LogP contribution is 2.48. The smallest absolute Gasteiger partial charge is 0.481 e. The van der Waals surface area contributed by atoms with Crippen LogP contribution in [0, 0.1) is 11.3 Å². The average molecular weight is 439 g/mol. The highest BCUT2D eigenvalue weighted by Gasteiger charge is 2.40. The van der Waals surface area contributed by atoms with Crippen LogP contribution >= 0.6 is 0 Å². The van der Waals surface area contributed by atoms with E-state index in [0.717, 1.165) is 37.8 Å². The highest BCUT2D eigenvalue weighted by atomic mass is 19.4. The molecular weight excluding hydrogens is 416 g/mol. The first-order chi connectivity index (χ1) is 13.9. The molecule has 4 nitrogen and oxygen atoms in total. The maximum absolute atomic E-state index is 13.2. The molecule has 1 aliphatic heterocycles. The first-order valence-electron chi connectivity index (χ1n) is 9.80. The van der Waals surface area contributed by atoms with E-state index in [-0.39, 0.29) is 23.4 Å². The summed E-state index contributed by atoms with van der Waals surface area (Å²) in [7, 11) is 0. The summed E-state index contributed by atoms with van der Waals surface area (Å²) in [5, 5.41) is 8.93. The molecule has 0 aromatic heterocycles. The largest absolute Gasteiger partial charge is 0.573 e. The molecule has 30 heavy (non-hydrogen) atoms. The Morgan fingerprint density at radius 3 is 2.13 bits per heavy atom. The van der Waals surface area contributed by atoms with Crippen molar-refractivity contribution in [3.8, 4) is 5.75 Å². The number of nitrogens with zero attached hydrogens (tertiary/aromatic N) is 1. The summed E-state index contributed by atoms with van der Waals surface area (Å²) in [6.07, 6.45) is -4.97. The van der Waals surface area contributed by atoms with E-state index in [2.05, 4.69) is 4.74 Å². The molecule has 0 radical (unpaired) electrons. The number of carboxylic acid groups (broad SMARTS) is 1. The van der Waals surface area contributed by atoms with Gasteiger partial charge in [0.05, 0.1) is 5.56 Å². The van der Waals surface area contributed by atoms with Crippen LogP contribution in [0.15, 0.2) is 18.2 Å². The molecule has 3 rings (SSSR count). The molecule has 1 aliphatic carbocycles. The summed E-state index contributed by atoms with van der Waals surface area (Å²) in [6.45, 7) is 0.854. The van der Waals surface area contributed by atoms with Crippen molar-refractivity contribution in [2.45, 2.75) is 57.5 Å². The molecule has 0 amide bonds. The molecule has 0 atom stereocenters. The van der Waals surface area contributed by atoms with Crippen molar-refractivity contribution in [3.05, 3.63) is 23.8 Å². The predicted octanol–water partition coefficient (Wildman–Crippen LogP) is 5.86. The van der Waals surface area contributed by atoms with Gasteiger partial charge in [0.25, 0.3) is 0 Å². The number of aliphatic carboxylic acids is 1. The monoisotopic (exact) mass is 439 g/mol. The summed E-state index contributed by atoms with van der Waals surface area (Å²) in [5.41, 5.74) is -1.11. The summed E-state index contributed by atoms with van der Waals surface area (Å²) in [4.78, 5) is 12.5. The van der Waals surface area contributed by atoms with Gasteiger partial charge in [0.15, 0.2) is 0 Å². The van der Waals surface area contributed by atoms with E-state index in [9.17, 15) is 31.1 Å². The molecule has 2 aliphatic rings. The molecule has 168 valence electrons. The van der Waals surface area contributed by atoms with E-state index in [0.29, 0.717) is 32.0 Å². The molecule has 1 heterocycles. The van der Waals surface area contributed by atoms with Crippen LogP contribution in [0.3, 0.4) is 0 Å². The molecule has 2 fully saturated rings. The highest BCUT2D eigenvalue weighted by molar-refractivity contribution is 5.67. The fourth-order valence-corrected chi connectivity index (χ4v) is 4.60. The zero-order valence-corrected chi connectivity index (χ0v) is 16.2. The molecule has 1 saturated heterocycles. The van der Waals surface area contributed by atoms with Crippen LogP contribution in [-0.4, -0.2) is 30.5 Å². The van der Waals surface area contributed by atoms with Gasteiger partial charge in [-0.05, 0) is 62.0 Å². The normalized spacial score (nSPS) is 20.4. The molecule has 0 unspecified atom stereocenters. The second kappa shape index (κ2) is 8.19. The fourth-order valence-electron chi connectivity index (χ4n) is 4.60. The molecule has 0 bridgehead atoms. The number of hydrogen-bond donors (Lipinski definition) is 1. The van der Waals surface area contributed by atoms with Gasteiger partial charge in [-0.1, -0.05) is 0 Å². The van der Waals surface area contributed by atoms with Crippen LogP contribution in [0.1, 0.15) is 50.5 Å². The van der Waals surface area contributed by atoms with Crippen molar-refractivity contribution in [2.75, 3.05) is 18.0 Å². The van der Waals surface area contributed by atoms with E-state index in [4.69, 9.17) is 5.11 Å². The topological polar surface area (TPSA) is 49.8 Å². The number of ether oxygens (including phenoxy) is 1. The summed E-state index contributed by atoms with van der Waals surface area (Å²) in [6, 6.07) is 2.20. The van der Waals surface area contributed by atoms with Crippen molar-refractivity contribution in [1.29, 1.82) is 0 Å². The van der Waals surface area contributed by atoms with Gasteiger partial charge in [-0.2, -0.15) is 13.2 Å². The number of anilines is 1. The SMILES string of the molecule is O=C(O)CC1CCC2(CC1)CCN(c1cc(OC(F)(F)F)cc(C(F)(F)F)c1)CC2. The van der Waals surface area contributed by atoms with E-state index >= 15 is 0 Å². The van der Waals surface area contributed by atoms with Gasteiger partial charge < -0.3 is 14.7 Å². The Labute approximate surface area is 169 Å². The number of rotatable bonds is 4. The van der Waals surface area contributed by atoms with Crippen molar-refractivity contribution in [3.63, 3.8) is 0 Å². The van der Waals surface area contributed by atoms with Crippen molar-refractivity contribution in [1.82, 2.24) is 0 Å². The Kier molecular flexibility index (Phi) is 6.15. The number of alkyl halides is 6. The van der Waals surface area contributed by atoms with Crippen LogP contribution in [0.4, 0.5) is 32.0 Å². The average Bonchev–Trinajstić information content (AvgIpc) is 2.62. The number of carboxylic acids is 1. The lowest BCUT2D eigenvalue weighted by Gasteiger charge is -2.46. The third-order valence-electron chi connectivity index (χ3n) is 6.27.